The summed E-state index contributed by atoms with van der Waals surface area (Å²) in [6, 6.07) is 2.84. The second-order valence-electron chi connectivity index (χ2n) is 3.88. The summed E-state index contributed by atoms with van der Waals surface area (Å²) in [6.45, 7) is 1.51. The zero-order valence-corrected chi connectivity index (χ0v) is 9.09. The first-order valence-corrected chi connectivity index (χ1v) is 5.39. The Balaban J connectivity index is 1.97. The number of carbonyl (C=O) groups is 1. The summed E-state index contributed by atoms with van der Waals surface area (Å²) in [5.41, 5.74) is -0.420. The van der Waals surface area contributed by atoms with Gasteiger partial charge in [-0.3, -0.25) is 0 Å². The number of amides is 2. The van der Waals surface area contributed by atoms with E-state index < -0.39 is 23.4 Å². The molecule has 2 rings (SSSR count). The van der Waals surface area contributed by atoms with Crippen LogP contribution >= 0.6 is 0 Å². The van der Waals surface area contributed by atoms with E-state index in [9.17, 15) is 13.6 Å². The molecule has 2 amide bonds. The number of hydrogen-bond acceptors (Lipinski definition) is 2. The molecule has 1 aliphatic heterocycles. The van der Waals surface area contributed by atoms with Crippen LogP contribution in [0.5, 0.6) is 0 Å². The lowest BCUT2D eigenvalue weighted by Crippen LogP contribution is -2.39. The first-order valence-electron chi connectivity index (χ1n) is 5.39. The number of carbonyl (C=O) groups excluding carboxylic acids is 1. The third-order valence-corrected chi connectivity index (χ3v) is 2.60. The van der Waals surface area contributed by atoms with Crippen LogP contribution in [0.3, 0.4) is 0 Å². The van der Waals surface area contributed by atoms with Crippen LogP contribution in [0.4, 0.5) is 19.3 Å². The standard InChI is InChI=1S/C11H13F2N3O/c12-8-2-1-3-9(13)10(8)16-11(17)15-7-4-5-14-6-7/h1-3,7,14H,4-6H2,(H2,15,16,17). The Bertz CT molecular complexity index is 399. The van der Waals surface area contributed by atoms with Gasteiger partial charge in [0.25, 0.3) is 0 Å². The molecular formula is C11H13F2N3O. The van der Waals surface area contributed by atoms with Crippen LogP contribution in [0.1, 0.15) is 6.42 Å². The molecule has 1 unspecified atom stereocenters. The van der Waals surface area contributed by atoms with Gasteiger partial charge in [-0.1, -0.05) is 6.07 Å². The molecule has 0 spiro atoms. The Morgan fingerprint density at radius 2 is 2.06 bits per heavy atom. The molecule has 0 bridgehead atoms. The predicted molar refractivity (Wildman–Crippen MR) is 59.8 cm³/mol. The quantitative estimate of drug-likeness (QED) is 0.734. The lowest BCUT2D eigenvalue weighted by atomic mass is 10.2. The van der Waals surface area contributed by atoms with E-state index in [0.717, 1.165) is 25.1 Å². The van der Waals surface area contributed by atoms with Crippen LogP contribution in [0.2, 0.25) is 0 Å². The molecule has 92 valence electrons. The maximum atomic E-state index is 13.2. The minimum Gasteiger partial charge on any atom is -0.334 e. The number of hydrogen-bond donors (Lipinski definition) is 3. The van der Waals surface area contributed by atoms with Crippen LogP contribution < -0.4 is 16.0 Å². The second kappa shape index (κ2) is 5.09. The molecule has 1 atom stereocenters. The minimum absolute atomic E-state index is 0.00448. The Morgan fingerprint density at radius 3 is 2.65 bits per heavy atom. The highest BCUT2D eigenvalue weighted by molar-refractivity contribution is 5.89. The summed E-state index contributed by atoms with van der Waals surface area (Å²) in [4.78, 5) is 11.5. The average molecular weight is 241 g/mol. The number of benzene rings is 1. The Labute approximate surface area is 97.4 Å². The van der Waals surface area contributed by atoms with Crippen molar-refractivity contribution in [3.05, 3.63) is 29.8 Å². The Kier molecular flexibility index (Phi) is 3.53. The van der Waals surface area contributed by atoms with E-state index in [1.54, 1.807) is 0 Å². The van der Waals surface area contributed by atoms with E-state index in [0.29, 0.717) is 6.54 Å². The fourth-order valence-electron chi connectivity index (χ4n) is 1.73. The van der Waals surface area contributed by atoms with Crippen LogP contribution in [0.25, 0.3) is 0 Å². The van der Waals surface area contributed by atoms with Gasteiger partial charge in [-0.05, 0) is 25.1 Å². The first kappa shape index (κ1) is 11.8. The topological polar surface area (TPSA) is 53.2 Å². The molecule has 1 heterocycles. The number of anilines is 1. The van der Waals surface area contributed by atoms with Gasteiger partial charge in [0.05, 0.1) is 0 Å². The summed E-state index contributed by atoms with van der Waals surface area (Å²) < 4.78 is 26.5. The van der Waals surface area contributed by atoms with Crippen molar-refractivity contribution in [1.82, 2.24) is 10.6 Å². The van der Waals surface area contributed by atoms with Gasteiger partial charge in [0.2, 0.25) is 0 Å². The number of rotatable bonds is 2. The van der Waals surface area contributed by atoms with Crippen LogP contribution in [0, 0.1) is 11.6 Å². The molecule has 0 radical (unpaired) electrons. The molecule has 4 nitrogen and oxygen atoms in total. The van der Waals surface area contributed by atoms with Crippen molar-refractivity contribution in [2.45, 2.75) is 12.5 Å². The van der Waals surface area contributed by atoms with Crippen molar-refractivity contribution in [3.8, 4) is 0 Å². The molecule has 1 fully saturated rings. The molecular weight excluding hydrogens is 228 g/mol. The molecule has 1 aromatic rings. The number of nitrogens with one attached hydrogen (secondary N) is 3. The van der Waals surface area contributed by atoms with Crippen LogP contribution in [0.15, 0.2) is 18.2 Å². The van der Waals surface area contributed by atoms with Gasteiger partial charge in [-0.2, -0.15) is 0 Å². The summed E-state index contributed by atoms with van der Waals surface area (Å²) in [6.07, 6.45) is 0.813. The summed E-state index contributed by atoms with van der Waals surface area (Å²) >= 11 is 0. The van der Waals surface area contributed by atoms with Crippen molar-refractivity contribution < 1.29 is 13.6 Å². The highest BCUT2D eigenvalue weighted by atomic mass is 19.1. The SMILES string of the molecule is O=C(Nc1c(F)cccc1F)NC1CCNC1. The van der Waals surface area contributed by atoms with Gasteiger partial charge in [0, 0.05) is 12.6 Å². The molecule has 0 aromatic heterocycles. The zero-order valence-electron chi connectivity index (χ0n) is 9.09. The highest BCUT2D eigenvalue weighted by Crippen LogP contribution is 2.17. The largest absolute Gasteiger partial charge is 0.334 e. The average Bonchev–Trinajstić information content (AvgIpc) is 2.76. The third-order valence-electron chi connectivity index (χ3n) is 2.60. The fourth-order valence-corrected chi connectivity index (χ4v) is 1.73. The Hall–Kier alpha value is -1.69. The van der Waals surface area contributed by atoms with Gasteiger partial charge < -0.3 is 16.0 Å². The van der Waals surface area contributed by atoms with Crippen molar-refractivity contribution in [2.75, 3.05) is 18.4 Å². The lowest BCUT2D eigenvalue weighted by molar-refractivity contribution is 0.249. The van der Waals surface area contributed by atoms with Gasteiger partial charge in [-0.15, -0.1) is 0 Å². The first-order chi connectivity index (χ1) is 8.16. The minimum atomic E-state index is -0.787. The predicted octanol–water partition coefficient (Wildman–Crippen LogP) is 1.45. The molecule has 3 N–H and O–H groups in total. The molecule has 17 heavy (non-hydrogen) atoms. The number of urea groups is 1. The number of halogens is 2. The normalized spacial score (nSPS) is 19.1. The molecule has 6 heteroatoms. The maximum Gasteiger partial charge on any atom is 0.319 e. The summed E-state index contributed by atoms with van der Waals surface area (Å²) in [5, 5.41) is 7.89. The molecule has 1 aliphatic rings. The monoisotopic (exact) mass is 241 g/mol. The van der Waals surface area contributed by atoms with E-state index in [1.165, 1.54) is 6.07 Å². The van der Waals surface area contributed by atoms with Gasteiger partial charge in [0.1, 0.15) is 17.3 Å². The smallest absolute Gasteiger partial charge is 0.319 e. The van der Waals surface area contributed by atoms with E-state index in [-0.39, 0.29) is 6.04 Å². The van der Waals surface area contributed by atoms with Crippen molar-refractivity contribution in [1.29, 1.82) is 0 Å². The van der Waals surface area contributed by atoms with Crippen molar-refractivity contribution in [3.63, 3.8) is 0 Å². The second-order valence-corrected chi connectivity index (χ2v) is 3.88. The van der Waals surface area contributed by atoms with E-state index >= 15 is 0 Å². The summed E-state index contributed by atoms with van der Waals surface area (Å²) in [7, 11) is 0. The molecule has 0 aliphatic carbocycles. The molecule has 1 aromatic carbocycles. The van der Waals surface area contributed by atoms with E-state index in [1.807, 2.05) is 0 Å². The lowest BCUT2D eigenvalue weighted by Gasteiger charge is -2.13. The van der Waals surface area contributed by atoms with E-state index in [4.69, 9.17) is 0 Å². The Morgan fingerprint density at radius 1 is 1.35 bits per heavy atom. The summed E-state index contributed by atoms with van der Waals surface area (Å²) in [5.74, 6) is -1.57. The van der Waals surface area contributed by atoms with Gasteiger partial charge >= 0.3 is 6.03 Å². The van der Waals surface area contributed by atoms with Crippen molar-refractivity contribution in [2.24, 2.45) is 0 Å². The maximum absolute atomic E-state index is 13.2. The van der Waals surface area contributed by atoms with Gasteiger partial charge in [-0.25, -0.2) is 13.6 Å². The zero-order chi connectivity index (χ0) is 12.3. The fraction of sp³-hybridized carbons (Fsp3) is 0.364. The van der Waals surface area contributed by atoms with Crippen LogP contribution in [-0.2, 0) is 0 Å². The van der Waals surface area contributed by atoms with Crippen molar-refractivity contribution >= 4 is 11.7 Å². The third kappa shape index (κ3) is 2.91. The van der Waals surface area contributed by atoms with Gasteiger partial charge in [0.15, 0.2) is 0 Å². The molecule has 0 saturated carbocycles. The van der Waals surface area contributed by atoms with E-state index in [2.05, 4.69) is 16.0 Å². The molecule has 1 saturated heterocycles. The van der Waals surface area contributed by atoms with Crippen LogP contribution in [-0.4, -0.2) is 25.2 Å². The number of para-hydroxylation sites is 1. The highest BCUT2D eigenvalue weighted by Gasteiger charge is 2.18.